The van der Waals surface area contributed by atoms with Crippen molar-refractivity contribution in [3.63, 3.8) is 0 Å². The zero-order valence-electron chi connectivity index (χ0n) is 57.0. The molecule has 1 saturated carbocycles. The predicted molar refractivity (Wildman–Crippen MR) is 347 cm³/mol. The molecule has 0 radical (unpaired) electrons. The van der Waals surface area contributed by atoms with Gasteiger partial charge >= 0.3 is 25.7 Å². The quantitative estimate of drug-likeness (QED) is 0.0117. The number of aliphatic hydroxyl groups is 10. The summed E-state index contributed by atoms with van der Waals surface area (Å²) in [5.41, 5.74) is 0. The van der Waals surface area contributed by atoms with Crippen molar-refractivity contribution in [2.75, 3.05) is 26.4 Å². The molecule has 2 aliphatic heterocycles. The van der Waals surface area contributed by atoms with Gasteiger partial charge in [-0.15, -0.1) is 0 Å². The van der Waals surface area contributed by atoms with Crippen LogP contribution in [0.5, 0.6) is 0 Å². The number of hydrogen-bond acceptors (Lipinski definition) is 23. The molecule has 1 aliphatic carbocycles. The Balaban J connectivity index is 1.76. The number of phosphoric acid groups is 1. The van der Waals surface area contributed by atoms with Crippen molar-refractivity contribution in [3.8, 4) is 0 Å². The molecule has 3 aliphatic rings. The molecule has 11 N–H and O–H groups in total. The van der Waals surface area contributed by atoms with Gasteiger partial charge in [0.25, 0.3) is 0 Å². The van der Waals surface area contributed by atoms with E-state index in [-0.39, 0.29) is 19.3 Å². The van der Waals surface area contributed by atoms with Crippen LogP contribution in [0.2, 0.25) is 0 Å². The molecule has 548 valence electrons. The number of hydrogen-bond donors (Lipinski definition) is 11. The summed E-state index contributed by atoms with van der Waals surface area (Å²) in [5, 5.41) is 110. The molecule has 24 nitrogen and oxygen atoms in total. The summed E-state index contributed by atoms with van der Waals surface area (Å²) >= 11 is 0. The molecular weight excluding hydrogens is 1230 g/mol. The van der Waals surface area contributed by atoms with Crippen molar-refractivity contribution >= 4 is 25.7 Å². The second-order valence-corrected chi connectivity index (χ2v) is 28.0. The molecule has 2 heterocycles. The molecule has 19 atom stereocenters. The van der Waals surface area contributed by atoms with Crippen molar-refractivity contribution < 1.29 is 117 Å². The van der Waals surface area contributed by atoms with E-state index in [0.717, 1.165) is 96.3 Å². The Bertz CT molecular complexity index is 1960. The van der Waals surface area contributed by atoms with Crippen molar-refractivity contribution in [3.05, 3.63) is 0 Å². The summed E-state index contributed by atoms with van der Waals surface area (Å²) < 4.78 is 64.9. The van der Waals surface area contributed by atoms with Crippen LogP contribution in [-0.2, 0) is 61.2 Å². The normalized spacial score (nSPS) is 28.8. The third-order valence-corrected chi connectivity index (χ3v) is 19.3. The molecule has 0 spiro atoms. The summed E-state index contributed by atoms with van der Waals surface area (Å²) in [6.07, 6.45) is 3.54. The number of carbonyl (C=O) groups is 3. The largest absolute Gasteiger partial charge is 0.472 e. The third kappa shape index (κ3) is 34.5. The summed E-state index contributed by atoms with van der Waals surface area (Å²) in [5.74, 6) is -1.28. The number of rotatable bonds is 55. The molecule has 3 fully saturated rings. The van der Waals surface area contributed by atoms with Crippen LogP contribution in [0.15, 0.2) is 0 Å². The van der Waals surface area contributed by atoms with Gasteiger partial charge in [0, 0.05) is 19.3 Å². The average molecular weight is 1360 g/mol. The first-order valence-corrected chi connectivity index (χ1v) is 37.7. The van der Waals surface area contributed by atoms with Crippen LogP contribution in [-0.4, -0.2) is 204 Å². The van der Waals surface area contributed by atoms with Crippen molar-refractivity contribution in [1.29, 1.82) is 0 Å². The van der Waals surface area contributed by atoms with Crippen LogP contribution in [0.3, 0.4) is 0 Å². The fourth-order valence-corrected chi connectivity index (χ4v) is 13.2. The van der Waals surface area contributed by atoms with Crippen LogP contribution < -0.4 is 0 Å². The van der Waals surface area contributed by atoms with Crippen LogP contribution >= 0.6 is 7.82 Å². The highest BCUT2D eigenvalue weighted by molar-refractivity contribution is 7.47. The van der Waals surface area contributed by atoms with Crippen LogP contribution in [0.25, 0.3) is 0 Å². The Morgan fingerprint density at radius 2 is 0.753 bits per heavy atom. The van der Waals surface area contributed by atoms with Crippen molar-refractivity contribution in [2.45, 2.75) is 382 Å². The molecular formula is C68H127O24P. The molecule has 25 heteroatoms. The monoisotopic (exact) mass is 1360 g/mol. The standard InChI is InChI=1S/C68H127O24P/c1-5-8-11-14-17-19-21-23-25-31-37-42-53(71)85-47-51-56(74)58(76)63(81)68(89-51)91-65-61(79)59(77)60(78)64(90-67-62(80)57(75)55(73)50(44-69)88-67)66(65)92-93(82,83)86-46-49(87-54(72)43-38-33-26-24-22-20-18-15-12-9-6-2)45-84-52(70)41-36-32-28-27-30-35-40-48(4)39-34-29-16-13-10-7-3/h48-51,55-69,73-81H,5-47H2,1-4H3,(H,82,83). The first-order valence-electron chi connectivity index (χ1n) is 36.2. The fourth-order valence-electron chi connectivity index (χ4n) is 12.2. The summed E-state index contributed by atoms with van der Waals surface area (Å²) in [4.78, 5) is 50.9. The molecule has 0 aromatic heterocycles. The SMILES string of the molecule is CCCCCCCCCCCCCC(=O)OCC1OC(OC2C(O)C(O)C(O)C(OC3OC(CO)C(O)C(O)C3O)C2OP(=O)(O)OCC(COC(=O)CCCCCCCCC(C)CCCCCCCC)OC(=O)CCCCCCCCCCCCC)C(O)C(O)C1O. The van der Waals surface area contributed by atoms with Gasteiger partial charge in [0.2, 0.25) is 0 Å². The first kappa shape index (κ1) is 85.2. The highest BCUT2D eigenvalue weighted by atomic mass is 31.2. The lowest BCUT2D eigenvalue weighted by molar-refractivity contribution is -0.360. The first-order chi connectivity index (χ1) is 44.7. The van der Waals surface area contributed by atoms with E-state index in [4.69, 9.17) is 42.2 Å². The van der Waals surface area contributed by atoms with E-state index in [1.807, 2.05) is 0 Å². The molecule has 0 aromatic carbocycles. The number of carbonyl (C=O) groups excluding carboxylic acids is 3. The highest BCUT2D eigenvalue weighted by Gasteiger charge is 2.58. The minimum atomic E-state index is -5.69. The Kier molecular flexibility index (Phi) is 46.1. The zero-order valence-corrected chi connectivity index (χ0v) is 57.9. The third-order valence-electron chi connectivity index (χ3n) is 18.3. The van der Waals surface area contributed by atoms with Gasteiger partial charge in [-0.3, -0.25) is 23.4 Å². The molecule has 93 heavy (non-hydrogen) atoms. The number of aliphatic hydroxyl groups excluding tert-OH is 10. The minimum absolute atomic E-state index is 0.0322. The van der Waals surface area contributed by atoms with Gasteiger partial charge < -0.3 is 89.1 Å². The maximum absolute atomic E-state index is 14.3. The molecule has 19 unspecified atom stereocenters. The minimum Gasteiger partial charge on any atom is -0.463 e. The van der Waals surface area contributed by atoms with Gasteiger partial charge in [-0.25, -0.2) is 4.57 Å². The topological polar surface area (TPSA) is 374 Å². The predicted octanol–water partition coefficient (Wildman–Crippen LogP) is 8.87. The molecule has 0 amide bonds. The Morgan fingerprint density at radius 1 is 0.409 bits per heavy atom. The Hall–Kier alpha value is -2.04. The van der Waals surface area contributed by atoms with E-state index in [1.165, 1.54) is 116 Å². The highest BCUT2D eigenvalue weighted by Crippen LogP contribution is 2.49. The van der Waals surface area contributed by atoms with Gasteiger partial charge in [-0.2, -0.15) is 0 Å². The molecule has 2 saturated heterocycles. The van der Waals surface area contributed by atoms with Gasteiger partial charge in [0.1, 0.15) is 98.7 Å². The van der Waals surface area contributed by atoms with Crippen LogP contribution in [0, 0.1) is 5.92 Å². The fraction of sp³-hybridized carbons (Fsp3) is 0.956. The van der Waals surface area contributed by atoms with E-state index < -0.39 is 156 Å². The smallest absolute Gasteiger partial charge is 0.463 e. The van der Waals surface area contributed by atoms with Crippen LogP contribution in [0.4, 0.5) is 0 Å². The Labute approximate surface area is 555 Å². The Morgan fingerprint density at radius 3 is 1.16 bits per heavy atom. The van der Waals surface area contributed by atoms with Gasteiger partial charge in [0.05, 0.1) is 13.2 Å². The number of esters is 3. The summed E-state index contributed by atoms with van der Waals surface area (Å²) in [6.45, 7) is 5.74. The van der Waals surface area contributed by atoms with E-state index in [9.17, 15) is 74.9 Å². The molecule has 0 aromatic rings. The summed E-state index contributed by atoms with van der Waals surface area (Å²) in [6, 6.07) is 0. The van der Waals surface area contributed by atoms with Crippen molar-refractivity contribution in [1.82, 2.24) is 0 Å². The lowest BCUT2D eigenvalue weighted by Crippen LogP contribution is -2.69. The molecule has 3 rings (SSSR count). The van der Waals surface area contributed by atoms with Crippen LogP contribution in [0.1, 0.15) is 278 Å². The number of phosphoric ester groups is 1. The maximum atomic E-state index is 14.3. The van der Waals surface area contributed by atoms with E-state index in [0.29, 0.717) is 25.2 Å². The lowest BCUT2D eigenvalue weighted by atomic mass is 9.84. The van der Waals surface area contributed by atoms with E-state index in [1.54, 1.807) is 0 Å². The van der Waals surface area contributed by atoms with Gasteiger partial charge in [0.15, 0.2) is 18.7 Å². The van der Waals surface area contributed by atoms with E-state index in [2.05, 4.69) is 27.7 Å². The van der Waals surface area contributed by atoms with Gasteiger partial charge in [-0.05, 0) is 25.2 Å². The summed E-state index contributed by atoms with van der Waals surface area (Å²) in [7, 11) is -5.69. The maximum Gasteiger partial charge on any atom is 0.472 e. The number of unbranched alkanes of at least 4 members (excludes halogenated alkanes) is 30. The lowest BCUT2D eigenvalue weighted by Gasteiger charge is -2.49. The second-order valence-electron chi connectivity index (χ2n) is 26.6. The molecule has 0 bridgehead atoms. The van der Waals surface area contributed by atoms with Crippen molar-refractivity contribution in [2.24, 2.45) is 5.92 Å². The number of ether oxygens (including phenoxy) is 7. The zero-order chi connectivity index (χ0) is 68.4. The van der Waals surface area contributed by atoms with E-state index >= 15 is 0 Å². The average Bonchev–Trinajstić information content (AvgIpc) is 0.769. The van der Waals surface area contributed by atoms with Gasteiger partial charge in [-0.1, -0.05) is 240 Å². The second kappa shape index (κ2) is 50.3.